The minimum Gasteiger partial charge on any atom is -0.267 e. The molecule has 0 spiro atoms. The Morgan fingerprint density at radius 3 is 2.29 bits per heavy atom. The Labute approximate surface area is 124 Å². The number of nitrogens with zero attached hydrogens (tertiary/aromatic N) is 2. The molecule has 108 valence electrons. The van der Waals surface area contributed by atoms with Crippen molar-refractivity contribution in [1.82, 2.24) is 10.4 Å². The van der Waals surface area contributed by atoms with Crippen molar-refractivity contribution in [2.75, 3.05) is 0 Å². The molecule has 0 aliphatic rings. The van der Waals surface area contributed by atoms with Crippen LogP contribution in [0.5, 0.6) is 0 Å². The van der Waals surface area contributed by atoms with Crippen LogP contribution in [-0.4, -0.2) is 17.1 Å². The first kappa shape index (κ1) is 14.9. The normalized spacial score (nSPS) is 11.6. The van der Waals surface area contributed by atoms with Crippen molar-refractivity contribution in [2.24, 2.45) is 5.10 Å². The van der Waals surface area contributed by atoms with Gasteiger partial charge in [-0.15, -0.1) is 0 Å². The summed E-state index contributed by atoms with van der Waals surface area (Å²) >= 11 is 0. The van der Waals surface area contributed by atoms with Crippen LogP contribution in [0.2, 0.25) is 0 Å². The Bertz CT molecular complexity index is 625. The second-order valence-electron chi connectivity index (χ2n) is 5.81. The Hall–Kier alpha value is -2.49. The predicted octanol–water partition coefficient (Wildman–Crippen LogP) is 3.14. The van der Waals surface area contributed by atoms with E-state index in [1.54, 1.807) is 18.6 Å². The van der Waals surface area contributed by atoms with Crippen LogP contribution >= 0.6 is 0 Å². The number of amides is 1. The summed E-state index contributed by atoms with van der Waals surface area (Å²) in [6, 6.07) is 11.2. The van der Waals surface area contributed by atoms with E-state index in [2.05, 4.69) is 36.3 Å². The number of hydrogen-bond acceptors (Lipinski definition) is 3. The van der Waals surface area contributed by atoms with E-state index in [-0.39, 0.29) is 11.3 Å². The quantitative estimate of drug-likeness (QED) is 0.694. The maximum absolute atomic E-state index is 12.0. The summed E-state index contributed by atoms with van der Waals surface area (Å²) in [5, 5.41) is 3.94. The molecule has 0 saturated carbocycles. The molecule has 4 nitrogen and oxygen atoms in total. The van der Waals surface area contributed by atoms with E-state index < -0.39 is 0 Å². The summed E-state index contributed by atoms with van der Waals surface area (Å²) in [7, 11) is 0. The van der Waals surface area contributed by atoms with Gasteiger partial charge in [-0.3, -0.25) is 9.78 Å². The molecular weight excluding hydrogens is 262 g/mol. The molecule has 2 rings (SSSR count). The summed E-state index contributed by atoms with van der Waals surface area (Å²) in [5.41, 5.74) is 5.26. The third-order valence-electron chi connectivity index (χ3n) is 3.10. The number of rotatable bonds is 3. The van der Waals surface area contributed by atoms with Gasteiger partial charge in [0.25, 0.3) is 5.91 Å². The molecule has 1 aromatic carbocycles. The van der Waals surface area contributed by atoms with Crippen LogP contribution in [0.15, 0.2) is 53.9 Å². The standard InChI is InChI=1S/C17H19N3O/c1-17(2,3)15-6-4-14(5-7-15)16(21)20-19-12-13-8-10-18-11-9-13/h4-12H,1-3H3,(H,20,21)/b19-12+. The first-order valence-corrected chi connectivity index (χ1v) is 6.81. The summed E-state index contributed by atoms with van der Waals surface area (Å²) in [5.74, 6) is -0.222. The molecule has 1 N–H and O–H groups in total. The maximum Gasteiger partial charge on any atom is 0.271 e. The molecule has 2 aromatic rings. The van der Waals surface area contributed by atoms with E-state index in [4.69, 9.17) is 0 Å². The Kier molecular flexibility index (Phi) is 4.48. The molecule has 1 aromatic heterocycles. The van der Waals surface area contributed by atoms with Gasteiger partial charge >= 0.3 is 0 Å². The third kappa shape index (κ3) is 4.24. The minimum absolute atomic E-state index is 0.0779. The van der Waals surface area contributed by atoms with E-state index in [1.165, 1.54) is 5.56 Å². The number of hydrogen-bond donors (Lipinski definition) is 1. The molecule has 0 aliphatic heterocycles. The van der Waals surface area contributed by atoms with Gasteiger partial charge in [0.2, 0.25) is 0 Å². The first-order valence-electron chi connectivity index (χ1n) is 6.81. The van der Waals surface area contributed by atoms with Gasteiger partial charge in [-0.25, -0.2) is 5.43 Å². The molecule has 0 atom stereocenters. The van der Waals surface area contributed by atoms with Gasteiger partial charge in [0, 0.05) is 18.0 Å². The van der Waals surface area contributed by atoms with Gasteiger partial charge in [0.1, 0.15) is 0 Å². The Morgan fingerprint density at radius 1 is 1.10 bits per heavy atom. The fourth-order valence-electron chi connectivity index (χ4n) is 1.80. The van der Waals surface area contributed by atoms with Crippen LogP contribution in [0.4, 0.5) is 0 Å². The largest absolute Gasteiger partial charge is 0.271 e. The van der Waals surface area contributed by atoms with Crippen molar-refractivity contribution >= 4 is 12.1 Å². The molecule has 1 amide bonds. The summed E-state index contributed by atoms with van der Waals surface area (Å²) in [4.78, 5) is 15.9. The van der Waals surface area contributed by atoms with E-state index in [0.717, 1.165) is 5.56 Å². The third-order valence-corrected chi connectivity index (χ3v) is 3.10. The predicted molar refractivity (Wildman–Crippen MR) is 84.4 cm³/mol. The summed E-state index contributed by atoms with van der Waals surface area (Å²) < 4.78 is 0. The Balaban J connectivity index is 1.99. The highest BCUT2D eigenvalue weighted by Crippen LogP contribution is 2.22. The lowest BCUT2D eigenvalue weighted by atomic mass is 9.87. The maximum atomic E-state index is 12.0. The van der Waals surface area contributed by atoms with E-state index in [0.29, 0.717) is 5.56 Å². The van der Waals surface area contributed by atoms with E-state index >= 15 is 0 Å². The van der Waals surface area contributed by atoms with Crippen molar-refractivity contribution in [3.8, 4) is 0 Å². The Morgan fingerprint density at radius 2 is 1.71 bits per heavy atom. The van der Waals surface area contributed by atoms with Crippen molar-refractivity contribution in [3.05, 3.63) is 65.5 Å². The van der Waals surface area contributed by atoms with Crippen LogP contribution in [0.3, 0.4) is 0 Å². The SMILES string of the molecule is CC(C)(C)c1ccc(C(=O)N/N=C/c2ccncc2)cc1. The fraction of sp³-hybridized carbons (Fsp3) is 0.235. The van der Waals surface area contributed by atoms with Gasteiger partial charge in [-0.05, 0) is 40.8 Å². The van der Waals surface area contributed by atoms with Gasteiger partial charge in [0.05, 0.1) is 6.21 Å². The molecule has 1 heterocycles. The van der Waals surface area contributed by atoms with Crippen molar-refractivity contribution in [1.29, 1.82) is 0 Å². The number of pyridine rings is 1. The van der Waals surface area contributed by atoms with Gasteiger partial charge in [0.15, 0.2) is 0 Å². The molecule has 0 fully saturated rings. The van der Waals surface area contributed by atoms with Crippen LogP contribution in [0.1, 0.15) is 42.3 Å². The van der Waals surface area contributed by atoms with Gasteiger partial charge < -0.3 is 0 Å². The smallest absolute Gasteiger partial charge is 0.267 e. The molecule has 0 radical (unpaired) electrons. The number of hydrazone groups is 1. The van der Waals surface area contributed by atoms with Gasteiger partial charge in [-0.1, -0.05) is 32.9 Å². The van der Waals surface area contributed by atoms with Crippen molar-refractivity contribution in [3.63, 3.8) is 0 Å². The molecular formula is C17H19N3O. The highest BCUT2D eigenvalue weighted by atomic mass is 16.2. The van der Waals surface area contributed by atoms with Crippen LogP contribution < -0.4 is 5.43 Å². The average molecular weight is 281 g/mol. The average Bonchev–Trinajstić information content (AvgIpc) is 2.47. The summed E-state index contributed by atoms with van der Waals surface area (Å²) in [6.07, 6.45) is 4.94. The molecule has 0 aliphatic carbocycles. The number of carbonyl (C=O) groups excluding carboxylic acids is 1. The molecule has 0 unspecified atom stereocenters. The zero-order valence-corrected chi connectivity index (χ0v) is 12.5. The van der Waals surface area contributed by atoms with Crippen LogP contribution in [0, 0.1) is 0 Å². The van der Waals surface area contributed by atoms with Gasteiger partial charge in [-0.2, -0.15) is 5.10 Å². The van der Waals surface area contributed by atoms with Crippen LogP contribution in [-0.2, 0) is 5.41 Å². The lowest BCUT2D eigenvalue weighted by Gasteiger charge is -2.18. The topological polar surface area (TPSA) is 54.4 Å². The lowest BCUT2D eigenvalue weighted by molar-refractivity contribution is 0.0955. The first-order chi connectivity index (χ1) is 9.97. The highest BCUT2D eigenvalue weighted by Gasteiger charge is 2.13. The van der Waals surface area contributed by atoms with E-state index in [9.17, 15) is 4.79 Å². The van der Waals surface area contributed by atoms with Crippen LogP contribution in [0.25, 0.3) is 0 Å². The molecule has 0 saturated heterocycles. The lowest BCUT2D eigenvalue weighted by Crippen LogP contribution is -2.18. The molecule has 4 heteroatoms. The zero-order chi connectivity index (χ0) is 15.3. The van der Waals surface area contributed by atoms with Crippen molar-refractivity contribution in [2.45, 2.75) is 26.2 Å². The fourth-order valence-corrected chi connectivity index (χ4v) is 1.80. The molecule has 21 heavy (non-hydrogen) atoms. The number of nitrogens with one attached hydrogen (secondary N) is 1. The second kappa shape index (κ2) is 6.31. The van der Waals surface area contributed by atoms with E-state index in [1.807, 2.05) is 36.4 Å². The molecule has 0 bridgehead atoms. The summed E-state index contributed by atoms with van der Waals surface area (Å²) in [6.45, 7) is 6.42. The highest BCUT2D eigenvalue weighted by molar-refractivity contribution is 5.94. The minimum atomic E-state index is -0.222. The zero-order valence-electron chi connectivity index (χ0n) is 12.5. The number of carbonyl (C=O) groups is 1. The monoisotopic (exact) mass is 281 g/mol. The number of benzene rings is 1. The number of aromatic nitrogens is 1. The second-order valence-corrected chi connectivity index (χ2v) is 5.81. The van der Waals surface area contributed by atoms with Crippen molar-refractivity contribution < 1.29 is 4.79 Å².